The number of nitrogen functional groups attached to an aromatic ring is 1. The van der Waals surface area contributed by atoms with E-state index in [4.69, 9.17) is 59.6 Å². The summed E-state index contributed by atoms with van der Waals surface area (Å²) in [5, 5.41) is 48.3. The number of carbonyl (C=O) groups is 4. The predicted octanol–water partition coefficient (Wildman–Crippen LogP) is 2.34. The topological polar surface area (TPSA) is 322 Å². The molecule has 0 spiro atoms. The van der Waals surface area contributed by atoms with Crippen molar-refractivity contribution >= 4 is 48.5 Å². The number of anilines is 1. The van der Waals surface area contributed by atoms with Crippen LogP contribution in [0.1, 0.15) is 26.7 Å². The highest BCUT2D eigenvalue weighted by atomic mass is 31.2. The third-order valence-electron chi connectivity index (χ3n) is 6.23. The van der Waals surface area contributed by atoms with E-state index in [1.165, 1.54) is 6.33 Å². The Morgan fingerprint density at radius 1 is 0.759 bits per heavy atom. The van der Waals surface area contributed by atoms with Crippen LogP contribution in [0.3, 0.4) is 0 Å². The van der Waals surface area contributed by atoms with Crippen LogP contribution in [0.2, 0.25) is 0 Å². The number of nitrogens with two attached hydrogens (primary N) is 1. The van der Waals surface area contributed by atoms with Crippen LogP contribution in [0.4, 0.5) is 5.82 Å². The van der Waals surface area contributed by atoms with Gasteiger partial charge in [-0.25, -0.2) is 29.1 Å². The zero-order valence-electron chi connectivity index (χ0n) is 29.0. The Morgan fingerprint density at radius 3 is 1.63 bits per heavy atom. The van der Waals surface area contributed by atoms with E-state index in [0.29, 0.717) is 48.2 Å². The number of hydrogen-bond acceptors (Lipinski definition) is 16. The average molecular weight is 782 g/mol. The quantitative estimate of drug-likeness (QED) is 0.0530. The summed E-state index contributed by atoms with van der Waals surface area (Å²) in [4.78, 5) is 51.2. The Bertz CT molecular complexity index is 1800. The Hall–Kier alpha value is -6.02. The zero-order chi connectivity index (χ0) is 40.3. The summed E-state index contributed by atoms with van der Waals surface area (Å²) in [5.74, 6) is -3.93. The van der Waals surface area contributed by atoms with Gasteiger partial charge in [0.2, 0.25) is 0 Å². The first-order valence-corrected chi connectivity index (χ1v) is 17.5. The first-order chi connectivity index (χ1) is 25.6. The molecule has 0 fully saturated rings. The number of aliphatic hydroxyl groups excluding tert-OH is 2. The van der Waals surface area contributed by atoms with Crippen LogP contribution in [0.25, 0.3) is 11.2 Å². The molecular weight excluding hydrogens is 741 g/mol. The molecule has 0 aliphatic rings. The Kier molecular flexibility index (Phi) is 18.1. The zero-order valence-corrected chi connectivity index (χ0v) is 29.9. The van der Waals surface area contributed by atoms with Crippen molar-refractivity contribution in [1.82, 2.24) is 19.5 Å². The molecule has 2 aromatic heterocycles. The molecular formula is C32H40N5O16P. The molecule has 8 N–H and O–H groups in total. The number of hydrogen-bond donors (Lipinski definition) is 7. The van der Waals surface area contributed by atoms with E-state index in [1.807, 2.05) is 13.8 Å². The smallest absolute Gasteiger partial charge is 0.456 e. The van der Waals surface area contributed by atoms with Crippen LogP contribution in [0.15, 0.2) is 61.2 Å². The van der Waals surface area contributed by atoms with Crippen molar-refractivity contribution < 1.29 is 77.6 Å². The van der Waals surface area contributed by atoms with Gasteiger partial charge in [0.1, 0.15) is 11.8 Å². The minimum absolute atomic E-state index is 0.187. The summed E-state index contributed by atoms with van der Waals surface area (Å²) >= 11 is 0. The van der Waals surface area contributed by atoms with E-state index in [9.17, 15) is 23.7 Å². The summed E-state index contributed by atoms with van der Waals surface area (Å²) in [7, 11) is -3.88. The normalized spacial score (nSPS) is 11.8. The monoisotopic (exact) mass is 781 g/mol. The van der Waals surface area contributed by atoms with E-state index >= 15 is 0 Å². The van der Waals surface area contributed by atoms with Crippen LogP contribution >= 0.6 is 7.60 Å². The molecule has 54 heavy (non-hydrogen) atoms. The number of aliphatic carboxylic acids is 4. The second-order valence-electron chi connectivity index (χ2n) is 10.4. The third-order valence-corrected chi connectivity index (χ3v) is 7.68. The number of aromatic nitrogens is 4. The van der Waals surface area contributed by atoms with Gasteiger partial charge >= 0.3 is 31.5 Å². The molecule has 0 aliphatic carbocycles. The lowest BCUT2D eigenvalue weighted by atomic mass is 10.3. The lowest BCUT2D eigenvalue weighted by Gasteiger charge is -2.22. The molecule has 0 bridgehead atoms. The number of aliphatic hydroxyl groups is 2. The molecule has 0 unspecified atom stereocenters. The van der Waals surface area contributed by atoms with Gasteiger partial charge in [-0.15, -0.1) is 0 Å². The summed E-state index contributed by atoms with van der Waals surface area (Å²) in [6.07, 6.45) is -2.44. The van der Waals surface area contributed by atoms with E-state index in [-0.39, 0.29) is 24.5 Å². The number of ether oxygens (including phenoxy) is 3. The fourth-order valence-corrected chi connectivity index (χ4v) is 5.28. The molecule has 2 heterocycles. The van der Waals surface area contributed by atoms with E-state index in [2.05, 4.69) is 15.0 Å². The maximum absolute atomic E-state index is 13.9. The number of fused-ring (bicyclic) bond motifs is 1. The molecule has 294 valence electrons. The molecule has 0 amide bonds. The molecule has 2 aromatic carbocycles. The van der Waals surface area contributed by atoms with Gasteiger partial charge in [0.15, 0.2) is 53.0 Å². The standard InChI is InChI=1S/C24H28N5O6P.2C4H6O5/c1-3-32-18-9-5-7-11-20(18)34-36(30,35-21-12-8-6-10-19(21)33-4-2)17-31-14-13-29-16-28-22-23(25)26-15-27-24(22)29;2*5-2(4(8)9)1-3(6)7/h5-12,15-16H,3-4,13-14,17H2,1-2H3,(H2,25,26,27);2*2,5H,1H2,(H,6,7)(H,8,9)/t;2*2-/m.00/s1. The molecule has 0 saturated heterocycles. The van der Waals surface area contributed by atoms with Crippen molar-refractivity contribution in [1.29, 1.82) is 0 Å². The maximum Gasteiger partial charge on any atom is 0.456 e. The Morgan fingerprint density at radius 2 is 1.22 bits per heavy atom. The molecule has 4 aromatic rings. The molecule has 0 aliphatic heterocycles. The highest BCUT2D eigenvalue weighted by Gasteiger charge is 2.31. The highest BCUT2D eigenvalue weighted by Crippen LogP contribution is 2.52. The van der Waals surface area contributed by atoms with E-state index in [0.717, 1.165) is 0 Å². The van der Waals surface area contributed by atoms with Gasteiger partial charge < -0.3 is 64.2 Å². The largest absolute Gasteiger partial charge is 0.490 e. The first-order valence-electron chi connectivity index (χ1n) is 15.8. The highest BCUT2D eigenvalue weighted by molar-refractivity contribution is 7.54. The van der Waals surface area contributed by atoms with E-state index in [1.54, 1.807) is 59.4 Å². The Balaban J connectivity index is 0.000000462. The van der Waals surface area contributed by atoms with Crippen molar-refractivity contribution in [3.05, 3.63) is 61.2 Å². The van der Waals surface area contributed by atoms with Crippen molar-refractivity contribution in [2.75, 3.05) is 31.9 Å². The van der Waals surface area contributed by atoms with Crippen LogP contribution in [0.5, 0.6) is 23.0 Å². The van der Waals surface area contributed by atoms with Gasteiger partial charge in [-0.3, -0.25) is 9.59 Å². The van der Waals surface area contributed by atoms with Gasteiger partial charge in [-0.2, -0.15) is 0 Å². The van der Waals surface area contributed by atoms with Crippen LogP contribution in [0, 0.1) is 0 Å². The number of nitrogens with zero attached hydrogens (tertiary/aromatic N) is 4. The molecule has 2 atom stereocenters. The number of imidazole rings is 1. The summed E-state index contributed by atoms with van der Waals surface area (Å²) < 4.78 is 44.6. The number of para-hydroxylation sites is 4. The number of benzene rings is 2. The van der Waals surface area contributed by atoms with Gasteiger partial charge in [0, 0.05) is 6.54 Å². The summed E-state index contributed by atoms with van der Waals surface area (Å²) in [6, 6.07) is 13.9. The lowest BCUT2D eigenvalue weighted by molar-refractivity contribution is -0.153. The minimum Gasteiger partial charge on any atom is -0.490 e. The summed E-state index contributed by atoms with van der Waals surface area (Å²) in [6.45, 7) is 5.12. The maximum atomic E-state index is 13.9. The number of carboxylic acids is 4. The van der Waals surface area contributed by atoms with Gasteiger partial charge in [-0.05, 0) is 38.1 Å². The molecule has 0 saturated carbocycles. The fourth-order valence-electron chi connectivity index (χ4n) is 3.88. The molecule has 4 rings (SSSR count). The van der Waals surface area contributed by atoms with Crippen molar-refractivity contribution in [3.63, 3.8) is 0 Å². The average Bonchev–Trinajstić information content (AvgIpc) is 3.53. The fraction of sp³-hybridized carbons (Fsp3) is 0.344. The minimum atomic E-state index is -3.88. The van der Waals surface area contributed by atoms with Gasteiger partial charge in [-0.1, -0.05) is 24.3 Å². The second kappa shape index (κ2) is 22.1. The third kappa shape index (κ3) is 14.9. The van der Waals surface area contributed by atoms with Crippen LogP contribution < -0.4 is 24.3 Å². The SMILES string of the molecule is CCOc1ccccc1OP(=O)(COCCn1cnc2c(N)ncnc21)Oc1ccccc1OCC.O=C(O)C[C@H](O)C(=O)O.O=C(O)C[C@H](O)C(=O)O. The van der Waals surface area contributed by atoms with Gasteiger partial charge in [0.25, 0.3) is 0 Å². The van der Waals surface area contributed by atoms with Crippen molar-refractivity contribution in [2.45, 2.75) is 45.4 Å². The van der Waals surface area contributed by atoms with Crippen molar-refractivity contribution in [2.24, 2.45) is 0 Å². The van der Waals surface area contributed by atoms with Gasteiger partial charge in [0.05, 0.1) is 39.0 Å². The van der Waals surface area contributed by atoms with E-state index < -0.39 is 56.5 Å². The predicted molar refractivity (Wildman–Crippen MR) is 186 cm³/mol. The summed E-state index contributed by atoms with van der Waals surface area (Å²) in [5.41, 5.74) is 6.94. The Labute approximate surface area is 307 Å². The van der Waals surface area contributed by atoms with Crippen LogP contribution in [-0.4, -0.2) is 112 Å². The number of carboxylic acid groups (broad SMARTS) is 4. The first kappa shape index (κ1) is 44.1. The molecule has 0 radical (unpaired) electrons. The molecule has 21 nitrogen and oxygen atoms in total. The van der Waals surface area contributed by atoms with Crippen LogP contribution in [-0.2, 0) is 35.0 Å². The van der Waals surface area contributed by atoms with Crippen molar-refractivity contribution in [3.8, 4) is 23.0 Å². The second-order valence-corrected chi connectivity index (χ2v) is 12.2. The molecule has 22 heteroatoms. The lowest BCUT2D eigenvalue weighted by Crippen LogP contribution is -2.22. The number of rotatable bonds is 19.